The van der Waals surface area contributed by atoms with Crippen molar-refractivity contribution >= 4 is 17.9 Å². The molecule has 0 atom stereocenters. The molecule has 0 radical (unpaired) electrons. The van der Waals surface area contributed by atoms with Crippen LogP contribution in [0.2, 0.25) is 0 Å². The predicted octanol–water partition coefficient (Wildman–Crippen LogP) is -0.948. The lowest BCUT2D eigenvalue weighted by Crippen LogP contribution is -2.59. The Morgan fingerprint density at radius 2 is 1.85 bits per heavy atom. The number of carboxylic acid groups (broad SMARTS) is 1. The molecule has 0 unspecified atom stereocenters. The number of primary amides is 1. The zero-order valence-electron chi connectivity index (χ0n) is 11.9. The summed E-state index contributed by atoms with van der Waals surface area (Å²) >= 11 is 0. The molecule has 0 saturated heterocycles. The van der Waals surface area contributed by atoms with E-state index in [4.69, 9.17) is 10.8 Å². The number of carbonyl (C=O) groups is 3. The first kappa shape index (κ1) is 16.2. The van der Waals surface area contributed by atoms with Gasteiger partial charge in [0.1, 0.15) is 13.1 Å². The van der Waals surface area contributed by atoms with Crippen molar-refractivity contribution in [3.05, 3.63) is 0 Å². The SMILES string of the molecule is CN(C)C1(CNC(=O)N(CC(N)=O)CC(=O)O)CCC1. The van der Waals surface area contributed by atoms with Crippen molar-refractivity contribution in [1.29, 1.82) is 0 Å². The molecule has 0 aliphatic heterocycles. The number of likely N-dealkylation sites (N-methyl/N-ethyl adjacent to an activating group) is 1. The van der Waals surface area contributed by atoms with E-state index in [-0.39, 0.29) is 5.54 Å². The van der Waals surface area contributed by atoms with Crippen molar-refractivity contribution in [1.82, 2.24) is 15.1 Å². The molecule has 1 fully saturated rings. The van der Waals surface area contributed by atoms with Crippen LogP contribution in [-0.2, 0) is 9.59 Å². The van der Waals surface area contributed by atoms with Crippen LogP contribution < -0.4 is 11.1 Å². The maximum Gasteiger partial charge on any atom is 0.323 e. The zero-order valence-corrected chi connectivity index (χ0v) is 11.9. The molecule has 8 heteroatoms. The average Bonchev–Trinajstić information content (AvgIpc) is 2.24. The van der Waals surface area contributed by atoms with Crippen molar-refractivity contribution in [2.24, 2.45) is 5.73 Å². The number of amides is 3. The first-order chi connectivity index (χ1) is 9.27. The number of nitrogens with zero attached hydrogens (tertiary/aromatic N) is 2. The van der Waals surface area contributed by atoms with Gasteiger partial charge in [-0.2, -0.15) is 0 Å². The average molecular weight is 286 g/mol. The second-order valence-electron chi connectivity index (χ2n) is 5.35. The second-order valence-corrected chi connectivity index (χ2v) is 5.35. The molecular weight excluding hydrogens is 264 g/mol. The van der Waals surface area contributed by atoms with Gasteiger partial charge in [-0.1, -0.05) is 0 Å². The molecule has 1 aliphatic carbocycles. The number of nitrogens with one attached hydrogen (secondary N) is 1. The van der Waals surface area contributed by atoms with Crippen molar-refractivity contribution in [3.63, 3.8) is 0 Å². The number of nitrogens with two attached hydrogens (primary N) is 1. The molecule has 0 heterocycles. The highest BCUT2D eigenvalue weighted by molar-refractivity contribution is 5.85. The summed E-state index contributed by atoms with van der Waals surface area (Å²) < 4.78 is 0. The van der Waals surface area contributed by atoms with Gasteiger partial charge in [-0.05, 0) is 33.4 Å². The van der Waals surface area contributed by atoms with Crippen LogP contribution >= 0.6 is 0 Å². The Kier molecular flexibility index (Phi) is 5.32. The zero-order chi connectivity index (χ0) is 15.3. The fraction of sp³-hybridized carbons (Fsp3) is 0.750. The summed E-state index contributed by atoms with van der Waals surface area (Å²) in [6.07, 6.45) is 3.07. The molecule has 1 aliphatic rings. The minimum Gasteiger partial charge on any atom is -0.480 e. The molecule has 4 N–H and O–H groups in total. The molecule has 1 rings (SSSR count). The van der Waals surface area contributed by atoms with Gasteiger partial charge in [0.05, 0.1) is 0 Å². The van der Waals surface area contributed by atoms with Crippen LogP contribution in [-0.4, -0.2) is 72.1 Å². The van der Waals surface area contributed by atoms with Crippen LogP contribution in [0, 0.1) is 0 Å². The molecular formula is C12H22N4O4. The van der Waals surface area contributed by atoms with Gasteiger partial charge >= 0.3 is 12.0 Å². The largest absolute Gasteiger partial charge is 0.480 e. The van der Waals surface area contributed by atoms with Gasteiger partial charge in [0, 0.05) is 12.1 Å². The monoisotopic (exact) mass is 286 g/mol. The van der Waals surface area contributed by atoms with Crippen molar-refractivity contribution in [3.8, 4) is 0 Å². The van der Waals surface area contributed by atoms with E-state index in [0.29, 0.717) is 6.54 Å². The van der Waals surface area contributed by atoms with Crippen LogP contribution in [0.15, 0.2) is 0 Å². The first-order valence-corrected chi connectivity index (χ1v) is 6.47. The van der Waals surface area contributed by atoms with Crippen molar-refractivity contribution in [2.75, 3.05) is 33.7 Å². The number of carboxylic acids is 1. The molecule has 20 heavy (non-hydrogen) atoms. The predicted molar refractivity (Wildman–Crippen MR) is 72.1 cm³/mol. The minimum atomic E-state index is -1.19. The molecule has 3 amide bonds. The van der Waals surface area contributed by atoms with Gasteiger partial charge in [0.25, 0.3) is 0 Å². The summed E-state index contributed by atoms with van der Waals surface area (Å²) in [7, 11) is 3.90. The van der Waals surface area contributed by atoms with E-state index in [1.165, 1.54) is 0 Å². The highest BCUT2D eigenvalue weighted by Gasteiger charge is 2.39. The van der Waals surface area contributed by atoms with E-state index in [1.54, 1.807) is 0 Å². The van der Waals surface area contributed by atoms with Crippen LogP contribution in [0.1, 0.15) is 19.3 Å². The number of aliphatic carboxylic acids is 1. The summed E-state index contributed by atoms with van der Waals surface area (Å²) in [5.74, 6) is -1.93. The summed E-state index contributed by atoms with van der Waals surface area (Å²) in [5.41, 5.74) is 4.94. The topological polar surface area (TPSA) is 116 Å². The third kappa shape index (κ3) is 4.09. The maximum absolute atomic E-state index is 11.9. The minimum absolute atomic E-state index is 0.0721. The van der Waals surface area contributed by atoms with E-state index in [1.807, 2.05) is 14.1 Å². The Morgan fingerprint density at radius 1 is 1.25 bits per heavy atom. The highest BCUT2D eigenvalue weighted by atomic mass is 16.4. The molecule has 0 aromatic carbocycles. The van der Waals surface area contributed by atoms with Gasteiger partial charge in [-0.25, -0.2) is 4.79 Å². The van der Waals surface area contributed by atoms with Crippen molar-refractivity contribution < 1.29 is 19.5 Å². The number of hydrogen-bond donors (Lipinski definition) is 3. The third-order valence-electron chi connectivity index (χ3n) is 3.76. The Bertz CT molecular complexity index is 377. The van der Waals surface area contributed by atoms with Crippen LogP contribution in [0.25, 0.3) is 0 Å². The van der Waals surface area contributed by atoms with E-state index in [9.17, 15) is 14.4 Å². The number of carbonyl (C=O) groups excluding carboxylic acids is 2. The molecule has 0 aromatic heterocycles. The van der Waals surface area contributed by atoms with Gasteiger partial charge in [0.2, 0.25) is 5.91 Å². The first-order valence-electron chi connectivity index (χ1n) is 6.47. The lowest BCUT2D eigenvalue weighted by Gasteiger charge is -2.47. The number of hydrogen-bond acceptors (Lipinski definition) is 4. The molecule has 1 saturated carbocycles. The quantitative estimate of drug-likeness (QED) is 0.558. The Balaban J connectivity index is 2.57. The fourth-order valence-electron chi connectivity index (χ4n) is 2.27. The van der Waals surface area contributed by atoms with Gasteiger partial charge in [-0.3, -0.25) is 9.59 Å². The molecule has 0 aromatic rings. The third-order valence-corrected chi connectivity index (χ3v) is 3.76. The summed E-state index contributed by atoms with van der Waals surface area (Å²) in [6, 6.07) is -0.584. The Hall–Kier alpha value is -1.83. The smallest absolute Gasteiger partial charge is 0.323 e. The van der Waals surface area contributed by atoms with Crippen LogP contribution in [0.5, 0.6) is 0 Å². The summed E-state index contributed by atoms with van der Waals surface area (Å²) in [4.78, 5) is 36.5. The lowest BCUT2D eigenvalue weighted by molar-refractivity contribution is -0.137. The van der Waals surface area contributed by atoms with Crippen LogP contribution in [0.4, 0.5) is 4.79 Å². The van der Waals surface area contributed by atoms with Crippen molar-refractivity contribution in [2.45, 2.75) is 24.8 Å². The van der Waals surface area contributed by atoms with Crippen LogP contribution in [0.3, 0.4) is 0 Å². The second kappa shape index (κ2) is 6.56. The normalized spacial score (nSPS) is 16.4. The van der Waals surface area contributed by atoms with E-state index in [0.717, 1.165) is 24.2 Å². The van der Waals surface area contributed by atoms with E-state index >= 15 is 0 Å². The Morgan fingerprint density at radius 3 is 2.20 bits per heavy atom. The summed E-state index contributed by atoms with van der Waals surface area (Å²) in [5, 5.41) is 11.4. The van der Waals surface area contributed by atoms with Gasteiger partial charge in [0.15, 0.2) is 0 Å². The number of urea groups is 1. The molecule has 8 nitrogen and oxygen atoms in total. The molecule has 114 valence electrons. The van der Waals surface area contributed by atoms with E-state index in [2.05, 4.69) is 10.2 Å². The maximum atomic E-state index is 11.9. The van der Waals surface area contributed by atoms with Gasteiger partial charge < -0.3 is 26.0 Å². The number of rotatable bonds is 7. The molecule has 0 bridgehead atoms. The lowest BCUT2D eigenvalue weighted by atomic mass is 9.75. The Labute approximate surface area is 117 Å². The van der Waals surface area contributed by atoms with E-state index < -0.39 is 31.0 Å². The standard InChI is InChI=1S/C12H22N4O4/c1-15(2)12(4-3-5-12)8-14-11(20)16(6-9(13)17)7-10(18)19/h3-8H2,1-2H3,(H2,13,17)(H,14,20)(H,18,19). The fourth-order valence-corrected chi connectivity index (χ4v) is 2.27. The molecule has 0 spiro atoms. The summed E-state index contributed by atoms with van der Waals surface area (Å²) in [6.45, 7) is -0.537. The van der Waals surface area contributed by atoms with Gasteiger partial charge in [-0.15, -0.1) is 0 Å². The highest BCUT2D eigenvalue weighted by Crippen LogP contribution is 2.35.